The third-order valence-electron chi connectivity index (χ3n) is 3.53. The van der Waals surface area contributed by atoms with Crippen LogP contribution in [-0.2, 0) is 6.18 Å². The van der Waals surface area contributed by atoms with Gasteiger partial charge in [-0.1, -0.05) is 12.1 Å². The van der Waals surface area contributed by atoms with Gasteiger partial charge in [0, 0.05) is 17.0 Å². The summed E-state index contributed by atoms with van der Waals surface area (Å²) in [6.07, 6.45) is -0.273. The van der Waals surface area contributed by atoms with Crippen molar-refractivity contribution in [2.75, 3.05) is 5.32 Å². The van der Waals surface area contributed by atoms with Crippen LogP contribution in [0.1, 0.15) is 28.5 Å². The lowest BCUT2D eigenvalue weighted by Crippen LogP contribution is -2.15. The fourth-order valence-corrected chi connectivity index (χ4v) is 2.99. The van der Waals surface area contributed by atoms with Crippen LogP contribution in [-0.4, -0.2) is 21.0 Å². The van der Waals surface area contributed by atoms with Crippen LogP contribution < -0.4 is 5.32 Å². The molecular formula is C17H12F3N3O2S. The van der Waals surface area contributed by atoms with E-state index in [0.29, 0.717) is 5.13 Å². The number of amides is 1. The van der Waals surface area contributed by atoms with Crippen LogP contribution in [0, 0.1) is 0 Å². The van der Waals surface area contributed by atoms with Gasteiger partial charge in [0.05, 0.1) is 16.8 Å². The maximum Gasteiger partial charge on any atom is 0.418 e. The molecule has 0 unspecified atom stereocenters. The number of alkyl halides is 3. The van der Waals surface area contributed by atoms with Crippen LogP contribution in [0.3, 0.4) is 0 Å². The number of thiazole rings is 1. The predicted molar refractivity (Wildman–Crippen MR) is 93.2 cm³/mol. The van der Waals surface area contributed by atoms with Gasteiger partial charge < -0.3 is 5.11 Å². The van der Waals surface area contributed by atoms with Crippen molar-refractivity contribution >= 4 is 39.4 Å². The molecule has 1 aromatic carbocycles. The van der Waals surface area contributed by atoms with E-state index in [1.54, 1.807) is 12.3 Å². The normalized spacial score (nSPS) is 12.0. The summed E-state index contributed by atoms with van der Waals surface area (Å²) in [5.74, 6) is -1.28. The van der Waals surface area contributed by atoms with E-state index < -0.39 is 28.9 Å². The molecule has 26 heavy (non-hydrogen) atoms. The van der Waals surface area contributed by atoms with E-state index in [2.05, 4.69) is 15.3 Å². The number of allylic oxidation sites excluding steroid dienone is 1. The first-order chi connectivity index (χ1) is 12.3. The number of carbonyl (C=O) groups is 1. The zero-order valence-electron chi connectivity index (χ0n) is 13.3. The van der Waals surface area contributed by atoms with Gasteiger partial charge in [-0.2, -0.15) is 13.2 Å². The molecule has 1 amide bonds. The van der Waals surface area contributed by atoms with Crippen molar-refractivity contribution in [3.8, 4) is 5.75 Å². The van der Waals surface area contributed by atoms with E-state index in [9.17, 15) is 23.1 Å². The number of benzene rings is 1. The first-order valence-corrected chi connectivity index (χ1v) is 8.27. The number of carbonyl (C=O) groups excluding carboxylic acids is 1. The van der Waals surface area contributed by atoms with Crippen molar-refractivity contribution in [3.05, 3.63) is 52.7 Å². The highest BCUT2D eigenvalue weighted by molar-refractivity contribution is 7.13. The molecule has 0 aliphatic carbocycles. The Balaban J connectivity index is 2.24. The smallest absolute Gasteiger partial charge is 0.418 e. The van der Waals surface area contributed by atoms with Gasteiger partial charge >= 0.3 is 6.18 Å². The molecule has 0 saturated heterocycles. The molecule has 9 heteroatoms. The molecule has 3 aromatic rings. The van der Waals surface area contributed by atoms with Gasteiger partial charge in [0.25, 0.3) is 5.91 Å². The van der Waals surface area contributed by atoms with E-state index in [-0.39, 0.29) is 16.6 Å². The molecule has 0 fully saturated rings. The van der Waals surface area contributed by atoms with Crippen molar-refractivity contribution in [1.82, 2.24) is 9.97 Å². The molecule has 3 rings (SSSR count). The van der Waals surface area contributed by atoms with Crippen molar-refractivity contribution < 1.29 is 23.1 Å². The lowest BCUT2D eigenvalue weighted by molar-refractivity contribution is -0.136. The van der Waals surface area contributed by atoms with Gasteiger partial charge in [0.15, 0.2) is 5.13 Å². The molecule has 5 nitrogen and oxygen atoms in total. The number of anilines is 1. The largest absolute Gasteiger partial charge is 0.506 e. The predicted octanol–water partition coefficient (Wildman–Crippen LogP) is 4.70. The quantitative estimate of drug-likeness (QED) is 0.692. The number of fused-ring (bicyclic) bond motifs is 1. The van der Waals surface area contributed by atoms with Gasteiger partial charge in [-0.25, -0.2) is 9.97 Å². The molecule has 2 N–H and O–H groups in total. The van der Waals surface area contributed by atoms with Crippen molar-refractivity contribution in [1.29, 1.82) is 0 Å². The van der Waals surface area contributed by atoms with E-state index in [1.165, 1.54) is 35.8 Å². The van der Waals surface area contributed by atoms with E-state index in [1.807, 2.05) is 0 Å². The van der Waals surface area contributed by atoms with E-state index in [0.717, 1.165) is 12.1 Å². The first kappa shape index (κ1) is 17.9. The molecular weight excluding hydrogens is 367 g/mol. The lowest BCUT2D eigenvalue weighted by atomic mass is 10.0. The molecule has 0 atom stereocenters. The molecule has 2 aromatic heterocycles. The third-order valence-corrected chi connectivity index (χ3v) is 4.21. The summed E-state index contributed by atoms with van der Waals surface area (Å²) >= 11 is 1.17. The number of hydrogen-bond acceptors (Lipinski definition) is 5. The number of hydrogen-bond donors (Lipinski definition) is 2. The van der Waals surface area contributed by atoms with Gasteiger partial charge in [0.2, 0.25) is 0 Å². The molecule has 0 spiro atoms. The van der Waals surface area contributed by atoms with Crippen molar-refractivity contribution in [3.63, 3.8) is 0 Å². The topological polar surface area (TPSA) is 75.1 Å². The second kappa shape index (κ2) is 6.75. The monoisotopic (exact) mass is 379 g/mol. The van der Waals surface area contributed by atoms with Crippen LogP contribution in [0.5, 0.6) is 5.75 Å². The molecule has 0 radical (unpaired) electrons. The van der Waals surface area contributed by atoms with Crippen LogP contribution in [0.15, 0.2) is 35.9 Å². The highest BCUT2D eigenvalue weighted by Crippen LogP contribution is 2.38. The van der Waals surface area contributed by atoms with E-state index >= 15 is 0 Å². The third kappa shape index (κ3) is 3.25. The molecule has 2 heterocycles. The number of nitrogens with zero attached hydrogens (tertiary/aromatic N) is 2. The second-order valence-corrected chi connectivity index (χ2v) is 6.11. The van der Waals surface area contributed by atoms with Crippen LogP contribution in [0.25, 0.3) is 17.0 Å². The average Bonchev–Trinajstić information content (AvgIpc) is 3.06. The minimum absolute atomic E-state index is 0.0664. The number of rotatable bonds is 3. The van der Waals surface area contributed by atoms with Crippen LogP contribution in [0.2, 0.25) is 0 Å². The van der Waals surface area contributed by atoms with Crippen molar-refractivity contribution in [2.24, 2.45) is 0 Å². The summed E-state index contributed by atoms with van der Waals surface area (Å²) in [5.41, 5.74) is -1.69. The maximum atomic E-state index is 13.3. The standard InChI is InChI=1S/C17H12F3N3O2S/c1-2-4-11-12(15(25)23-16-21-7-8-26-16)14(24)9-5-3-6-10(13(9)22-11)17(18,19)20/h2-8H,1H3,(H,22,24)(H,21,23,25)/b4-2-. The first-order valence-electron chi connectivity index (χ1n) is 7.39. The molecule has 134 valence electrons. The minimum atomic E-state index is -4.64. The summed E-state index contributed by atoms with van der Waals surface area (Å²) in [6.45, 7) is 1.63. The molecule has 0 aliphatic rings. The number of para-hydroxylation sites is 1. The fraction of sp³-hybridized carbons (Fsp3) is 0.118. The van der Waals surface area contributed by atoms with Gasteiger partial charge in [0.1, 0.15) is 11.3 Å². The molecule has 0 bridgehead atoms. The number of aromatic hydroxyl groups is 1. The highest BCUT2D eigenvalue weighted by Gasteiger charge is 2.34. The summed E-state index contributed by atoms with van der Waals surface area (Å²) < 4.78 is 39.8. The maximum absolute atomic E-state index is 13.3. The van der Waals surface area contributed by atoms with E-state index in [4.69, 9.17) is 0 Å². The Bertz CT molecular complexity index is 999. The number of halogens is 3. The summed E-state index contributed by atoms with van der Waals surface area (Å²) in [6, 6.07) is 3.32. The Labute approximate surface area is 149 Å². The lowest BCUT2D eigenvalue weighted by Gasteiger charge is -2.14. The van der Waals surface area contributed by atoms with Gasteiger partial charge in [-0.05, 0) is 25.1 Å². The number of nitrogens with one attached hydrogen (secondary N) is 1. The number of pyridine rings is 1. The van der Waals surface area contributed by atoms with Gasteiger partial charge in [-0.15, -0.1) is 11.3 Å². The Hall–Kier alpha value is -2.94. The Morgan fingerprint density at radius 3 is 2.73 bits per heavy atom. The summed E-state index contributed by atoms with van der Waals surface area (Å²) in [7, 11) is 0. The zero-order valence-corrected chi connectivity index (χ0v) is 14.1. The fourth-order valence-electron chi connectivity index (χ4n) is 2.46. The Morgan fingerprint density at radius 1 is 1.35 bits per heavy atom. The number of aromatic nitrogens is 2. The SMILES string of the molecule is C/C=C\c1nc2c(C(F)(F)F)cccc2c(O)c1C(=O)Nc1nccs1. The minimum Gasteiger partial charge on any atom is -0.506 e. The van der Waals surface area contributed by atoms with Crippen LogP contribution in [0.4, 0.5) is 18.3 Å². The van der Waals surface area contributed by atoms with Crippen molar-refractivity contribution in [2.45, 2.75) is 13.1 Å². The Kier molecular flexibility index (Phi) is 4.64. The van der Waals surface area contributed by atoms with Crippen LogP contribution >= 0.6 is 11.3 Å². The zero-order chi connectivity index (χ0) is 18.9. The molecule has 0 aliphatic heterocycles. The molecule has 0 saturated carbocycles. The second-order valence-electron chi connectivity index (χ2n) is 5.21. The van der Waals surface area contributed by atoms with Gasteiger partial charge in [-0.3, -0.25) is 10.1 Å². The highest BCUT2D eigenvalue weighted by atomic mass is 32.1. The summed E-state index contributed by atoms with van der Waals surface area (Å²) in [5, 5.41) is 14.8. The summed E-state index contributed by atoms with van der Waals surface area (Å²) in [4.78, 5) is 20.5. The Morgan fingerprint density at radius 2 is 2.12 bits per heavy atom. The average molecular weight is 379 g/mol.